The minimum absolute atomic E-state index is 0.0395. The molecule has 3 heterocycles. The molecule has 3 fully saturated rings. The molecule has 0 unspecified atom stereocenters. The Kier molecular flexibility index (Phi) is 23.1. The first kappa shape index (κ1) is 59.0. The molecule has 1 aromatic carbocycles. The number of thiol groups is 1. The van der Waals surface area contributed by atoms with E-state index in [0.29, 0.717) is 31.2 Å². The molecule has 0 radical (unpaired) electrons. The molecule has 9 amide bonds. The fourth-order valence-corrected chi connectivity index (χ4v) is 9.08. The van der Waals surface area contributed by atoms with E-state index in [1.165, 1.54) is 45.9 Å². The average molecular weight is 1050 g/mol. The number of benzene rings is 1. The molecule has 404 valence electrons. The van der Waals surface area contributed by atoms with Gasteiger partial charge in [-0.1, -0.05) is 12.1 Å². The van der Waals surface area contributed by atoms with Crippen LogP contribution < -0.4 is 43.4 Å². The summed E-state index contributed by atoms with van der Waals surface area (Å²) >= 11 is 4.23. The smallest absolute Gasteiger partial charge is 0.326 e. The molecule has 4 rings (SSSR count). The van der Waals surface area contributed by atoms with Gasteiger partial charge in [0.2, 0.25) is 53.2 Å². The molecule has 3 aliphatic heterocycles. The normalized spacial score (nSPS) is 19.8. The van der Waals surface area contributed by atoms with Gasteiger partial charge in [0.15, 0.2) is 0 Å². The van der Waals surface area contributed by atoms with Crippen molar-refractivity contribution in [1.82, 2.24) is 46.6 Å². The molecular formula is C46H69N11O15S. The zero-order valence-electron chi connectivity index (χ0n) is 40.7. The lowest BCUT2D eigenvalue weighted by molar-refractivity contribution is -0.150. The standard InChI is InChI=1S/C46H69N11O15S/c1-25(48)38(63)50-29(15-16-37(61)62)41(66)53-31(23-58)42(67)51-28(7-2-3-17-47)40(65)52-30(21-26-11-13-27(59)14-12-26)39(64)49-22-36(60)55-18-5-9-34(55)45(70)56-19-4-8-33(56)43(68)54-32(24-73)44(69)57-20-6-10-35(57)46(71)72/h11-14,25,28-35,58-59,73H,2-10,15-24,47-48H2,1H3,(H,49,64)(H,50,63)(H,51,67)(H,52,65)(H,53,66)(H,54,68)(H,61,62)(H,71,72)/t25-,28-,29-,30-,31-,32-,33-,34-,35-/m0/s1. The molecule has 0 bridgehead atoms. The highest BCUT2D eigenvalue weighted by Gasteiger charge is 2.44. The molecule has 0 aliphatic carbocycles. The Morgan fingerprint density at radius 2 is 1.22 bits per heavy atom. The molecule has 0 aromatic heterocycles. The molecule has 9 atom stereocenters. The number of carbonyl (C=O) groups is 11. The molecule has 14 N–H and O–H groups in total. The van der Waals surface area contributed by atoms with Crippen molar-refractivity contribution in [3.63, 3.8) is 0 Å². The summed E-state index contributed by atoms with van der Waals surface area (Å²) in [5.41, 5.74) is 11.7. The maximum absolute atomic E-state index is 14.1. The van der Waals surface area contributed by atoms with Gasteiger partial charge in [0.05, 0.1) is 19.2 Å². The molecular weight excluding hydrogens is 979 g/mol. The van der Waals surface area contributed by atoms with Crippen LogP contribution in [0, 0.1) is 0 Å². The highest BCUT2D eigenvalue weighted by atomic mass is 32.1. The summed E-state index contributed by atoms with van der Waals surface area (Å²) in [6.07, 6.45) is 1.67. The number of unbranched alkanes of at least 4 members (excludes halogenated alkanes) is 1. The predicted octanol–water partition coefficient (Wildman–Crippen LogP) is -4.20. The van der Waals surface area contributed by atoms with E-state index in [1.807, 2.05) is 0 Å². The maximum Gasteiger partial charge on any atom is 0.326 e. The Labute approximate surface area is 426 Å². The van der Waals surface area contributed by atoms with E-state index in [9.17, 15) is 73.2 Å². The van der Waals surface area contributed by atoms with Gasteiger partial charge < -0.3 is 78.5 Å². The van der Waals surface area contributed by atoms with Gasteiger partial charge in [-0.05, 0) is 95.4 Å². The molecule has 0 saturated carbocycles. The van der Waals surface area contributed by atoms with Gasteiger partial charge in [-0.2, -0.15) is 12.6 Å². The zero-order chi connectivity index (χ0) is 53.9. The SMILES string of the molecule is C[C@H](N)C(=O)N[C@@H](CCC(=O)O)C(=O)N[C@@H](CO)C(=O)N[C@@H](CCCCN)C(=O)N[C@@H](Cc1ccc(O)cc1)C(=O)NCC(=O)N1CCC[C@H]1C(=O)N1CCC[C@H]1C(=O)N[C@@H](CS)C(=O)N1CCC[C@H]1C(=O)O. The number of nitrogens with one attached hydrogen (secondary N) is 6. The number of phenolic OH excluding ortho intramolecular Hbond substituents is 1. The average Bonchev–Trinajstić information content (AvgIpc) is 4.17. The minimum atomic E-state index is -1.70. The number of carboxylic acids is 2. The molecule has 3 aliphatic rings. The van der Waals surface area contributed by atoms with Crippen LogP contribution in [0.4, 0.5) is 0 Å². The van der Waals surface area contributed by atoms with Gasteiger partial charge in [0.25, 0.3) is 0 Å². The van der Waals surface area contributed by atoms with Gasteiger partial charge in [0, 0.05) is 38.2 Å². The monoisotopic (exact) mass is 1050 g/mol. The number of aliphatic carboxylic acids is 2. The molecule has 73 heavy (non-hydrogen) atoms. The second kappa shape index (κ2) is 28.6. The van der Waals surface area contributed by atoms with Crippen LogP contribution in [0.2, 0.25) is 0 Å². The predicted molar refractivity (Wildman–Crippen MR) is 261 cm³/mol. The third kappa shape index (κ3) is 17.0. The number of carboxylic acid groups (broad SMARTS) is 2. The number of nitrogens with zero attached hydrogens (tertiary/aromatic N) is 3. The van der Waals surface area contributed by atoms with Crippen LogP contribution in [0.5, 0.6) is 5.75 Å². The van der Waals surface area contributed by atoms with Crippen LogP contribution in [-0.4, -0.2) is 200 Å². The topological polar surface area (TPSA) is 403 Å². The number of rotatable bonds is 27. The quantitative estimate of drug-likeness (QED) is 0.0293. The number of aliphatic hydroxyl groups excluding tert-OH is 1. The summed E-state index contributed by atoms with van der Waals surface area (Å²) in [6.45, 7) is 0.467. The minimum Gasteiger partial charge on any atom is -0.508 e. The summed E-state index contributed by atoms with van der Waals surface area (Å²) in [7, 11) is 0. The van der Waals surface area contributed by atoms with Gasteiger partial charge in [-0.25, -0.2) is 4.79 Å². The number of amides is 9. The number of likely N-dealkylation sites (tertiary alicyclic amines) is 3. The van der Waals surface area contributed by atoms with Crippen molar-refractivity contribution in [1.29, 1.82) is 0 Å². The molecule has 1 aromatic rings. The van der Waals surface area contributed by atoms with Crippen LogP contribution in [-0.2, 0) is 59.2 Å². The molecule has 3 saturated heterocycles. The third-order valence-corrected chi connectivity index (χ3v) is 13.2. The Morgan fingerprint density at radius 1 is 0.671 bits per heavy atom. The van der Waals surface area contributed by atoms with E-state index in [1.54, 1.807) is 0 Å². The van der Waals surface area contributed by atoms with E-state index in [4.69, 9.17) is 11.5 Å². The van der Waals surface area contributed by atoms with E-state index in [-0.39, 0.29) is 76.2 Å². The maximum atomic E-state index is 14.1. The molecule has 0 spiro atoms. The highest BCUT2D eigenvalue weighted by molar-refractivity contribution is 7.80. The zero-order valence-corrected chi connectivity index (χ0v) is 41.6. The summed E-state index contributed by atoms with van der Waals surface area (Å²) in [6, 6.07) is -5.52. The van der Waals surface area contributed by atoms with E-state index in [2.05, 4.69) is 44.5 Å². The highest BCUT2D eigenvalue weighted by Crippen LogP contribution is 2.26. The largest absolute Gasteiger partial charge is 0.508 e. The summed E-state index contributed by atoms with van der Waals surface area (Å²) < 4.78 is 0. The molecule has 26 nitrogen and oxygen atoms in total. The van der Waals surface area contributed by atoms with Crippen LogP contribution in [0.25, 0.3) is 0 Å². The van der Waals surface area contributed by atoms with E-state index in [0.717, 1.165) is 0 Å². The number of hydrogen-bond acceptors (Lipinski definition) is 16. The van der Waals surface area contributed by atoms with Gasteiger partial charge >= 0.3 is 11.9 Å². The number of aromatic hydroxyl groups is 1. The summed E-state index contributed by atoms with van der Waals surface area (Å²) in [5, 5.41) is 53.6. The van der Waals surface area contributed by atoms with Crippen LogP contribution >= 0.6 is 12.6 Å². The van der Waals surface area contributed by atoms with Crippen LogP contribution in [0.1, 0.15) is 83.1 Å². The number of nitrogens with two attached hydrogens (primary N) is 2. The van der Waals surface area contributed by atoms with E-state index >= 15 is 0 Å². The summed E-state index contributed by atoms with van der Waals surface area (Å²) in [4.78, 5) is 149. The van der Waals surface area contributed by atoms with Crippen LogP contribution in [0.15, 0.2) is 24.3 Å². The number of hydrogen-bond donors (Lipinski definition) is 13. The van der Waals surface area contributed by atoms with Crippen molar-refractivity contribution < 1.29 is 73.2 Å². The van der Waals surface area contributed by atoms with Crippen molar-refractivity contribution in [2.75, 3.05) is 45.1 Å². The van der Waals surface area contributed by atoms with Crippen molar-refractivity contribution in [3.8, 4) is 5.75 Å². The van der Waals surface area contributed by atoms with Crippen molar-refractivity contribution in [2.24, 2.45) is 11.5 Å². The Bertz CT molecular complexity index is 2170. The first-order valence-corrected chi connectivity index (χ1v) is 24.9. The van der Waals surface area contributed by atoms with Gasteiger partial charge in [-0.15, -0.1) is 0 Å². The second-order valence-corrected chi connectivity index (χ2v) is 18.6. The lowest BCUT2D eigenvalue weighted by Gasteiger charge is -2.32. The van der Waals surface area contributed by atoms with Crippen molar-refractivity contribution in [3.05, 3.63) is 29.8 Å². The Morgan fingerprint density at radius 3 is 1.81 bits per heavy atom. The third-order valence-electron chi connectivity index (χ3n) is 12.8. The first-order chi connectivity index (χ1) is 34.7. The lowest BCUT2D eigenvalue weighted by Crippen LogP contribution is -2.60. The Balaban J connectivity index is 1.45. The first-order valence-electron chi connectivity index (χ1n) is 24.3. The fourth-order valence-electron chi connectivity index (χ4n) is 8.83. The fraction of sp³-hybridized carbons (Fsp3) is 0.630. The van der Waals surface area contributed by atoms with Crippen molar-refractivity contribution in [2.45, 2.75) is 138 Å². The Hall–Kier alpha value is -6.58. The van der Waals surface area contributed by atoms with Crippen LogP contribution in [0.3, 0.4) is 0 Å². The summed E-state index contributed by atoms with van der Waals surface area (Å²) in [5.74, 6) is -9.62. The van der Waals surface area contributed by atoms with Gasteiger partial charge in [0.1, 0.15) is 54.1 Å². The van der Waals surface area contributed by atoms with Gasteiger partial charge in [-0.3, -0.25) is 47.9 Å². The number of phenols is 1. The van der Waals surface area contributed by atoms with Crippen molar-refractivity contribution >= 4 is 77.7 Å². The number of carbonyl (C=O) groups excluding carboxylic acids is 9. The van der Waals surface area contributed by atoms with E-state index < -0.39 is 145 Å². The second-order valence-electron chi connectivity index (χ2n) is 18.2. The molecule has 27 heteroatoms. The lowest BCUT2D eigenvalue weighted by atomic mass is 10.0. The number of aliphatic hydroxyl groups is 1.